The molecule has 0 saturated carbocycles. The molecular formula is C18H19N3O. The van der Waals surface area contributed by atoms with Crippen molar-refractivity contribution >= 4 is 10.9 Å². The lowest BCUT2D eigenvalue weighted by Gasteiger charge is -2.12. The van der Waals surface area contributed by atoms with Crippen molar-refractivity contribution in [2.45, 2.75) is 18.9 Å². The van der Waals surface area contributed by atoms with E-state index in [0.717, 1.165) is 35.5 Å². The molecule has 1 atom stereocenters. The molecule has 1 fully saturated rings. The van der Waals surface area contributed by atoms with Crippen LogP contribution >= 0.6 is 0 Å². The van der Waals surface area contributed by atoms with E-state index < -0.39 is 0 Å². The monoisotopic (exact) mass is 293 g/mol. The highest BCUT2D eigenvalue weighted by Gasteiger charge is 2.14. The summed E-state index contributed by atoms with van der Waals surface area (Å²) in [5, 5.41) is 9.06. The van der Waals surface area contributed by atoms with Crippen molar-refractivity contribution in [1.82, 2.24) is 15.1 Å². The van der Waals surface area contributed by atoms with Crippen LogP contribution in [0.15, 0.2) is 54.7 Å². The normalized spacial score (nSPS) is 17.9. The molecule has 4 nitrogen and oxygen atoms in total. The topological polar surface area (TPSA) is 39.1 Å². The number of fused-ring (bicyclic) bond motifs is 1. The van der Waals surface area contributed by atoms with Crippen LogP contribution in [0.25, 0.3) is 16.6 Å². The smallest absolute Gasteiger partial charge is 0.119 e. The maximum atomic E-state index is 5.86. The van der Waals surface area contributed by atoms with Crippen molar-refractivity contribution in [2.24, 2.45) is 0 Å². The van der Waals surface area contributed by atoms with Gasteiger partial charge in [-0.15, -0.1) is 0 Å². The lowest BCUT2D eigenvalue weighted by atomic mass is 10.2. The number of para-hydroxylation sites is 1. The largest absolute Gasteiger partial charge is 0.492 e. The summed E-state index contributed by atoms with van der Waals surface area (Å²) in [7, 11) is 0. The number of benzene rings is 2. The first-order chi connectivity index (χ1) is 10.9. The van der Waals surface area contributed by atoms with E-state index >= 15 is 0 Å². The number of hydrogen-bond donors (Lipinski definition) is 1. The predicted octanol–water partition coefficient (Wildman–Crippen LogP) is 3.16. The Kier molecular flexibility index (Phi) is 3.52. The van der Waals surface area contributed by atoms with Crippen LogP contribution in [-0.2, 0) is 0 Å². The third-order valence-electron chi connectivity index (χ3n) is 4.17. The second-order valence-corrected chi connectivity index (χ2v) is 5.71. The third-order valence-corrected chi connectivity index (χ3v) is 4.17. The van der Waals surface area contributed by atoms with Crippen molar-refractivity contribution < 1.29 is 4.74 Å². The van der Waals surface area contributed by atoms with Gasteiger partial charge in [-0.25, -0.2) is 4.68 Å². The number of ether oxygens (including phenoxy) is 1. The Balaban J connectivity index is 1.51. The first-order valence-corrected chi connectivity index (χ1v) is 7.79. The summed E-state index contributed by atoms with van der Waals surface area (Å²) in [5.41, 5.74) is 2.17. The molecule has 3 aromatic rings. The van der Waals surface area contributed by atoms with Crippen molar-refractivity contribution in [3.63, 3.8) is 0 Å². The Labute approximate surface area is 129 Å². The fourth-order valence-electron chi connectivity index (χ4n) is 2.96. The van der Waals surface area contributed by atoms with E-state index in [0.29, 0.717) is 6.04 Å². The van der Waals surface area contributed by atoms with Gasteiger partial charge in [-0.2, -0.15) is 5.10 Å². The second kappa shape index (κ2) is 5.81. The molecule has 0 amide bonds. The summed E-state index contributed by atoms with van der Waals surface area (Å²) >= 11 is 0. The van der Waals surface area contributed by atoms with E-state index in [2.05, 4.69) is 34.7 Å². The van der Waals surface area contributed by atoms with Gasteiger partial charge in [-0.1, -0.05) is 18.2 Å². The Morgan fingerprint density at radius 2 is 2.00 bits per heavy atom. The predicted molar refractivity (Wildman–Crippen MR) is 87.6 cm³/mol. The molecule has 1 aliphatic rings. The number of nitrogens with zero attached hydrogens (tertiary/aromatic N) is 2. The minimum Gasteiger partial charge on any atom is -0.492 e. The van der Waals surface area contributed by atoms with E-state index in [1.54, 1.807) is 0 Å². The summed E-state index contributed by atoms with van der Waals surface area (Å²) < 4.78 is 7.81. The van der Waals surface area contributed by atoms with Crippen LogP contribution < -0.4 is 10.1 Å². The van der Waals surface area contributed by atoms with Gasteiger partial charge in [-0.3, -0.25) is 0 Å². The number of nitrogens with one attached hydrogen (secondary N) is 1. The van der Waals surface area contributed by atoms with Gasteiger partial charge in [0.25, 0.3) is 0 Å². The zero-order chi connectivity index (χ0) is 14.8. The lowest BCUT2D eigenvalue weighted by Crippen LogP contribution is -2.28. The Hall–Kier alpha value is -2.33. The minimum absolute atomic E-state index is 0.495. The molecule has 0 spiro atoms. The van der Waals surface area contributed by atoms with Crippen LogP contribution in [-0.4, -0.2) is 29.0 Å². The van der Waals surface area contributed by atoms with E-state index in [4.69, 9.17) is 4.74 Å². The number of rotatable bonds is 4. The van der Waals surface area contributed by atoms with Crippen LogP contribution in [0.1, 0.15) is 12.8 Å². The molecule has 1 saturated heterocycles. The Morgan fingerprint density at radius 1 is 1.14 bits per heavy atom. The summed E-state index contributed by atoms with van der Waals surface area (Å²) in [6, 6.07) is 16.8. The van der Waals surface area contributed by atoms with Crippen LogP contribution in [0.5, 0.6) is 5.75 Å². The molecule has 2 aromatic carbocycles. The average molecular weight is 293 g/mol. The quantitative estimate of drug-likeness (QED) is 0.803. The van der Waals surface area contributed by atoms with Crippen LogP contribution in [0.3, 0.4) is 0 Å². The molecule has 2 heterocycles. The van der Waals surface area contributed by atoms with Crippen molar-refractivity contribution in [1.29, 1.82) is 0 Å². The molecule has 1 N–H and O–H groups in total. The summed E-state index contributed by atoms with van der Waals surface area (Å²) in [5.74, 6) is 0.911. The van der Waals surface area contributed by atoms with Gasteiger partial charge >= 0.3 is 0 Å². The SMILES string of the molecule is c1ccc2c(c1)cnn2-c1ccc(OCC2CCCN2)cc1. The highest BCUT2D eigenvalue weighted by molar-refractivity contribution is 5.80. The van der Waals surface area contributed by atoms with Crippen molar-refractivity contribution in [3.8, 4) is 11.4 Å². The maximum absolute atomic E-state index is 5.86. The molecule has 4 heteroatoms. The molecule has 22 heavy (non-hydrogen) atoms. The van der Waals surface area contributed by atoms with Gasteiger partial charge in [0.2, 0.25) is 0 Å². The molecule has 0 aliphatic carbocycles. The van der Waals surface area contributed by atoms with E-state index in [9.17, 15) is 0 Å². The molecule has 4 rings (SSSR count). The second-order valence-electron chi connectivity index (χ2n) is 5.71. The maximum Gasteiger partial charge on any atom is 0.119 e. The van der Waals surface area contributed by atoms with Gasteiger partial charge in [0.05, 0.1) is 17.4 Å². The first kappa shape index (κ1) is 13.3. The zero-order valence-corrected chi connectivity index (χ0v) is 12.4. The van der Waals surface area contributed by atoms with E-state index in [1.807, 2.05) is 35.1 Å². The highest BCUT2D eigenvalue weighted by Crippen LogP contribution is 2.20. The summed E-state index contributed by atoms with van der Waals surface area (Å²) in [6.07, 6.45) is 4.35. The molecule has 0 bridgehead atoms. The summed E-state index contributed by atoms with van der Waals surface area (Å²) in [4.78, 5) is 0. The number of hydrogen-bond acceptors (Lipinski definition) is 3. The fourth-order valence-corrected chi connectivity index (χ4v) is 2.96. The van der Waals surface area contributed by atoms with Gasteiger partial charge < -0.3 is 10.1 Å². The lowest BCUT2D eigenvalue weighted by molar-refractivity contribution is 0.277. The van der Waals surface area contributed by atoms with Crippen LogP contribution in [0.2, 0.25) is 0 Å². The fraction of sp³-hybridized carbons (Fsp3) is 0.278. The van der Waals surface area contributed by atoms with E-state index in [-0.39, 0.29) is 0 Å². The molecule has 1 aliphatic heterocycles. The van der Waals surface area contributed by atoms with Gasteiger partial charge in [-0.05, 0) is 49.7 Å². The van der Waals surface area contributed by atoms with Crippen molar-refractivity contribution in [3.05, 3.63) is 54.7 Å². The van der Waals surface area contributed by atoms with Gasteiger partial charge in [0.15, 0.2) is 0 Å². The average Bonchev–Trinajstić information content (AvgIpc) is 3.23. The van der Waals surface area contributed by atoms with Crippen molar-refractivity contribution in [2.75, 3.05) is 13.2 Å². The highest BCUT2D eigenvalue weighted by atomic mass is 16.5. The third kappa shape index (κ3) is 2.57. The van der Waals surface area contributed by atoms with E-state index in [1.165, 1.54) is 12.8 Å². The first-order valence-electron chi connectivity index (χ1n) is 7.79. The Bertz CT molecular complexity index is 757. The Morgan fingerprint density at radius 3 is 2.82 bits per heavy atom. The van der Waals surface area contributed by atoms with Crippen LogP contribution in [0, 0.1) is 0 Å². The molecule has 0 radical (unpaired) electrons. The van der Waals surface area contributed by atoms with Gasteiger partial charge in [0.1, 0.15) is 12.4 Å². The number of aromatic nitrogens is 2. The molecule has 1 aromatic heterocycles. The molecule has 1 unspecified atom stereocenters. The molecular weight excluding hydrogens is 274 g/mol. The summed E-state index contributed by atoms with van der Waals surface area (Å²) in [6.45, 7) is 1.85. The molecule has 112 valence electrons. The van der Waals surface area contributed by atoms with Crippen LogP contribution in [0.4, 0.5) is 0 Å². The minimum atomic E-state index is 0.495. The van der Waals surface area contributed by atoms with Gasteiger partial charge in [0, 0.05) is 11.4 Å². The zero-order valence-electron chi connectivity index (χ0n) is 12.4. The standard InChI is InChI=1S/C18H19N3O/c1-2-6-18-14(4-1)12-20-21(18)16-7-9-17(10-8-16)22-13-15-5-3-11-19-15/h1-2,4,6-10,12,15,19H,3,5,11,13H2.